The van der Waals surface area contributed by atoms with Gasteiger partial charge in [-0.2, -0.15) is 18.4 Å². The largest absolute Gasteiger partial charge is 0.417 e. The van der Waals surface area contributed by atoms with E-state index in [1.807, 2.05) is 0 Å². The van der Waals surface area contributed by atoms with Gasteiger partial charge in [0.25, 0.3) is 5.56 Å². The Morgan fingerprint density at radius 1 is 0.878 bits per heavy atom. The van der Waals surface area contributed by atoms with Crippen molar-refractivity contribution in [2.24, 2.45) is 0 Å². The minimum absolute atomic E-state index is 0.0280. The molecular weight excluding hydrogens is 611 g/mol. The molecule has 2 aromatic carbocycles. The van der Waals surface area contributed by atoms with Gasteiger partial charge in [0.15, 0.2) is 19.7 Å². The van der Waals surface area contributed by atoms with Gasteiger partial charge < -0.3 is 4.57 Å². The van der Waals surface area contributed by atoms with Crippen LogP contribution in [-0.4, -0.2) is 33.9 Å². The fraction of sp³-hybridized carbons (Fsp3) is 0.154. The van der Waals surface area contributed by atoms with E-state index < -0.39 is 60.7 Å². The third-order valence-corrected chi connectivity index (χ3v) is 9.28. The zero-order valence-electron chi connectivity index (χ0n) is 21.0. The number of halogens is 5. The van der Waals surface area contributed by atoms with Gasteiger partial charge in [-0.15, -0.1) is 11.3 Å². The molecule has 0 saturated carbocycles. The van der Waals surface area contributed by atoms with Crippen molar-refractivity contribution in [1.29, 1.82) is 5.26 Å². The number of aromatic nitrogens is 1. The molecule has 4 aromatic rings. The molecule has 214 valence electrons. The zero-order valence-corrected chi connectivity index (χ0v) is 23.4. The van der Waals surface area contributed by atoms with Crippen molar-refractivity contribution in [1.82, 2.24) is 4.57 Å². The van der Waals surface area contributed by atoms with Crippen LogP contribution in [0.2, 0.25) is 0 Å². The SMILES string of the molecule is CS(=O)(=O)c1cc(-c2ccc(-c3cc(C(F)(F)F)c(C#N)c(=O)n3Cc3ccc(F)cc3F)s2)cc(S(C)(=O)=O)c1. The number of pyridine rings is 1. The van der Waals surface area contributed by atoms with E-state index in [4.69, 9.17) is 0 Å². The van der Waals surface area contributed by atoms with E-state index in [0.29, 0.717) is 12.1 Å². The Morgan fingerprint density at radius 2 is 1.46 bits per heavy atom. The Labute approximate surface area is 234 Å². The first kappa shape index (κ1) is 30.1. The summed E-state index contributed by atoms with van der Waals surface area (Å²) < 4.78 is 119. The van der Waals surface area contributed by atoms with Crippen LogP contribution in [0.25, 0.3) is 21.0 Å². The molecule has 0 aliphatic carbocycles. The summed E-state index contributed by atoms with van der Waals surface area (Å²) in [6.45, 7) is -0.651. The van der Waals surface area contributed by atoms with E-state index in [0.717, 1.165) is 46.6 Å². The van der Waals surface area contributed by atoms with Crippen molar-refractivity contribution in [3.63, 3.8) is 0 Å². The highest BCUT2D eigenvalue weighted by molar-refractivity contribution is 7.91. The van der Waals surface area contributed by atoms with Crippen LogP contribution in [0, 0.1) is 23.0 Å². The van der Waals surface area contributed by atoms with E-state index in [-0.39, 0.29) is 36.4 Å². The van der Waals surface area contributed by atoms with Gasteiger partial charge in [-0.25, -0.2) is 25.6 Å². The highest BCUT2D eigenvalue weighted by atomic mass is 32.2. The molecule has 0 spiro atoms. The molecule has 7 nitrogen and oxygen atoms in total. The summed E-state index contributed by atoms with van der Waals surface area (Å²) in [5, 5.41) is 9.36. The summed E-state index contributed by atoms with van der Waals surface area (Å²) in [6.07, 6.45) is -3.35. The number of hydrogen-bond acceptors (Lipinski definition) is 7. The first-order valence-corrected chi connectivity index (χ1v) is 15.8. The van der Waals surface area contributed by atoms with Gasteiger partial charge in [-0.3, -0.25) is 4.79 Å². The fourth-order valence-electron chi connectivity index (χ4n) is 3.93. The van der Waals surface area contributed by atoms with Crippen molar-refractivity contribution in [2.75, 3.05) is 12.5 Å². The second kappa shape index (κ2) is 10.5. The van der Waals surface area contributed by atoms with Gasteiger partial charge in [-0.05, 0) is 48.0 Å². The quantitative estimate of drug-likeness (QED) is 0.269. The van der Waals surface area contributed by atoms with Crippen molar-refractivity contribution >= 4 is 31.0 Å². The molecule has 0 aliphatic rings. The zero-order chi connectivity index (χ0) is 30.5. The molecule has 0 N–H and O–H groups in total. The predicted octanol–water partition coefficient (Wildman–Crippen LogP) is 5.27. The molecule has 4 rings (SSSR count). The molecular formula is C26H17F5N2O5S3. The predicted molar refractivity (Wildman–Crippen MR) is 141 cm³/mol. The number of nitrogens with zero attached hydrogens (tertiary/aromatic N) is 2. The van der Waals surface area contributed by atoms with Gasteiger partial charge in [0, 0.05) is 29.0 Å². The minimum atomic E-state index is -5.10. The number of nitriles is 1. The molecule has 0 fully saturated rings. The molecule has 15 heteroatoms. The molecule has 0 bridgehead atoms. The Balaban J connectivity index is 1.98. The van der Waals surface area contributed by atoms with Crippen LogP contribution in [0.4, 0.5) is 22.0 Å². The summed E-state index contributed by atoms with van der Waals surface area (Å²) in [5.74, 6) is -1.99. The normalized spacial score (nSPS) is 12.3. The van der Waals surface area contributed by atoms with Crippen LogP contribution in [-0.2, 0) is 32.4 Å². The lowest BCUT2D eigenvalue weighted by Gasteiger charge is -2.17. The average Bonchev–Trinajstić information content (AvgIpc) is 3.34. The smallest absolute Gasteiger partial charge is 0.302 e. The monoisotopic (exact) mass is 628 g/mol. The van der Waals surface area contributed by atoms with Crippen molar-refractivity contribution in [3.05, 3.63) is 93.3 Å². The number of rotatable bonds is 6. The number of hydrogen-bond donors (Lipinski definition) is 0. The van der Waals surface area contributed by atoms with Gasteiger partial charge in [0.2, 0.25) is 0 Å². The second-order valence-corrected chi connectivity index (χ2v) is 14.1. The fourth-order valence-corrected chi connectivity index (χ4v) is 6.39. The maximum Gasteiger partial charge on any atom is 0.417 e. The van der Waals surface area contributed by atoms with Crippen LogP contribution >= 0.6 is 11.3 Å². The lowest BCUT2D eigenvalue weighted by atomic mass is 10.1. The first-order valence-electron chi connectivity index (χ1n) is 11.2. The third-order valence-electron chi connectivity index (χ3n) is 5.94. The first-order chi connectivity index (χ1) is 18.9. The maximum atomic E-state index is 14.5. The molecule has 0 unspecified atom stereocenters. The molecule has 2 aromatic heterocycles. The van der Waals surface area contributed by atoms with Crippen LogP contribution in [0.3, 0.4) is 0 Å². The molecule has 0 aliphatic heterocycles. The molecule has 2 heterocycles. The van der Waals surface area contributed by atoms with Crippen LogP contribution in [0.1, 0.15) is 16.7 Å². The van der Waals surface area contributed by atoms with Crippen LogP contribution < -0.4 is 5.56 Å². The molecule has 0 radical (unpaired) electrons. The highest BCUT2D eigenvalue weighted by Crippen LogP contribution is 2.39. The standard InChI is InChI=1S/C26H17F5N2O5S3/c1-40(35,36)17-7-15(8-18(10-17)41(2,37)38)23-5-6-24(39-23)22-11-20(26(29,30)31)19(12-32)25(34)33(22)13-14-3-4-16(27)9-21(14)28/h3-11H,13H2,1-2H3. The molecule has 0 saturated heterocycles. The topological polar surface area (TPSA) is 114 Å². The van der Waals surface area contributed by atoms with E-state index in [1.165, 1.54) is 30.3 Å². The van der Waals surface area contributed by atoms with E-state index in [2.05, 4.69) is 0 Å². The molecule has 0 atom stereocenters. The van der Waals surface area contributed by atoms with Crippen molar-refractivity contribution in [3.8, 4) is 27.1 Å². The average molecular weight is 629 g/mol. The Hall–Kier alpha value is -3.87. The summed E-state index contributed by atoms with van der Waals surface area (Å²) in [6, 6.07) is 10.3. The maximum absolute atomic E-state index is 14.5. The molecule has 41 heavy (non-hydrogen) atoms. The summed E-state index contributed by atoms with van der Waals surface area (Å²) >= 11 is 0.797. The van der Waals surface area contributed by atoms with Gasteiger partial charge in [-0.1, -0.05) is 6.07 Å². The summed E-state index contributed by atoms with van der Waals surface area (Å²) in [7, 11) is -7.74. The lowest BCUT2D eigenvalue weighted by Crippen LogP contribution is -2.28. The number of sulfone groups is 2. The van der Waals surface area contributed by atoms with Gasteiger partial charge >= 0.3 is 6.18 Å². The van der Waals surface area contributed by atoms with Crippen molar-refractivity contribution < 1.29 is 38.8 Å². The summed E-state index contributed by atoms with van der Waals surface area (Å²) in [5.41, 5.74) is -4.59. The van der Waals surface area contributed by atoms with E-state index >= 15 is 0 Å². The highest BCUT2D eigenvalue weighted by Gasteiger charge is 2.37. The van der Waals surface area contributed by atoms with Gasteiger partial charge in [0.05, 0.1) is 32.5 Å². The Kier molecular flexibility index (Phi) is 7.72. The van der Waals surface area contributed by atoms with E-state index in [9.17, 15) is 48.8 Å². The number of thiophene rings is 1. The van der Waals surface area contributed by atoms with Crippen LogP contribution in [0.5, 0.6) is 0 Å². The third kappa shape index (κ3) is 6.24. The minimum Gasteiger partial charge on any atom is -0.302 e. The van der Waals surface area contributed by atoms with Crippen molar-refractivity contribution in [2.45, 2.75) is 22.5 Å². The second-order valence-electron chi connectivity index (χ2n) is 8.96. The Morgan fingerprint density at radius 3 is 1.98 bits per heavy atom. The number of alkyl halides is 3. The van der Waals surface area contributed by atoms with Gasteiger partial charge in [0.1, 0.15) is 23.3 Å². The lowest BCUT2D eigenvalue weighted by molar-refractivity contribution is -0.137. The Bertz CT molecular complexity index is 1970. The summed E-state index contributed by atoms with van der Waals surface area (Å²) in [4.78, 5) is 12.8. The number of benzene rings is 2. The van der Waals surface area contributed by atoms with E-state index in [1.54, 1.807) is 0 Å². The molecule has 0 amide bonds. The van der Waals surface area contributed by atoms with Crippen LogP contribution in [0.15, 0.2) is 69.2 Å².